The molecule has 0 aliphatic heterocycles. The second kappa shape index (κ2) is 5.65. The second-order valence-corrected chi connectivity index (χ2v) is 5.68. The summed E-state index contributed by atoms with van der Waals surface area (Å²) in [7, 11) is -3.93. The van der Waals surface area contributed by atoms with E-state index in [0.717, 1.165) is 0 Å². The van der Waals surface area contributed by atoms with Crippen LogP contribution in [0.4, 0.5) is 11.4 Å². The highest BCUT2D eigenvalue weighted by Gasteiger charge is 2.19. The number of aryl methyl sites for hydroxylation is 1. The zero-order chi connectivity index (χ0) is 14.6. The van der Waals surface area contributed by atoms with Gasteiger partial charge in [-0.3, -0.25) is 19.6 Å². The van der Waals surface area contributed by atoms with Crippen LogP contribution < -0.4 is 4.72 Å². The Kier molecular flexibility index (Phi) is 4.43. The van der Waals surface area contributed by atoms with Crippen molar-refractivity contribution in [2.45, 2.75) is 13.3 Å². The molecule has 0 aliphatic rings. The van der Waals surface area contributed by atoms with Crippen molar-refractivity contribution in [1.29, 1.82) is 0 Å². The monoisotopic (exact) mass is 288 g/mol. The lowest BCUT2D eigenvalue weighted by molar-refractivity contribution is -0.383. The number of anilines is 1. The minimum Gasteiger partial charge on any atom is -0.481 e. The van der Waals surface area contributed by atoms with Crippen LogP contribution in [0.5, 0.6) is 0 Å². The minimum atomic E-state index is -3.93. The van der Waals surface area contributed by atoms with E-state index in [-0.39, 0.29) is 11.4 Å². The third-order valence-corrected chi connectivity index (χ3v) is 3.47. The van der Waals surface area contributed by atoms with E-state index in [9.17, 15) is 23.3 Å². The van der Waals surface area contributed by atoms with Crippen LogP contribution in [0, 0.1) is 17.0 Å². The molecule has 0 unspecified atom stereocenters. The van der Waals surface area contributed by atoms with Crippen molar-refractivity contribution in [3.05, 3.63) is 33.9 Å². The van der Waals surface area contributed by atoms with Crippen LogP contribution in [0.15, 0.2) is 18.2 Å². The summed E-state index contributed by atoms with van der Waals surface area (Å²) in [6, 6.07) is 4.02. The lowest BCUT2D eigenvalue weighted by atomic mass is 10.2. The zero-order valence-electron chi connectivity index (χ0n) is 9.99. The molecule has 0 saturated carbocycles. The summed E-state index contributed by atoms with van der Waals surface area (Å²) in [5.74, 6) is -1.91. The van der Waals surface area contributed by atoms with Crippen LogP contribution in [0.3, 0.4) is 0 Å². The Hall–Kier alpha value is -2.16. The number of carboxylic acids is 1. The van der Waals surface area contributed by atoms with E-state index in [0.29, 0.717) is 5.56 Å². The molecular weight excluding hydrogens is 276 g/mol. The van der Waals surface area contributed by atoms with Crippen LogP contribution in [0.1, 0.15) is 12.0 Å². The van der Waals surface area contributed by atoms with Gasteiger partial charge in [-0.2, -0.15) is 0 Å². The maximum absolute atomic E-state index is 11.6. The van der Waals surface area contributed by atoms with Gasteiger partial charge < -0.3 is 5.11 Å². The van der Waals surface area contributed by atoms with Gasteiger partial charge in [0.15, 0.2) is 0 Å². The molecule has 1 aromatic carbocycles. The predicted molar refractivity (Wildman–Crippen MR) is 67.5 cm³/mol. The third kappa shape index (κ3) is 4.54. The van der Waals surface area contributed by atoms with Crippen LogP contribution in [0.25, 0.3) is 0 Å². The van der Waals surface area contributed by atoms with Crippen molar-refractivity contribution in [2.24, 2.45) is 0 Å². The number of hydrogen-bond donors (Lipinski definition) is 2. The first-order chi connectivity index (χ1) is 8.71. The van der Waals surface area contributed by atoms with E-state index in [2.05, 4.69) is 0 Å². The molecule has 0 radical (unpaired) electrons. The number of aliphatic carboxylic acids is 1. The number of benzene rings is 1. The van der Waals surface area contributed by atoms with Gasteiger partial charge in [-0.1, -0.05) is 6.07 Å². The second-order valence-electron chi connectivity index (χ2n) is 3.84. The number of nitro benzene ring substituents is 1. The largest absolute Gasteiger partial charge is 0.481 e. The SMILES string of the molecule is Cc1ccc(NS(=O)(=O)CCC(=O)O)c([N+](=O)[O-])c1. The van der Waals surface area contributed by atoms with E-state index in [1.54, 1.807) is 6.92 Å². The molecule has 0 heterocycles. The highest BCUT2D eigenvalue weighted by molar-refractivity contribution is 7.92. The summed E-state index contributed by atoms with van der Waals surface area (Å²) in [5, 5.41) is 19.2. The molecular formula is C10H12N2O6S. The molecule has 0 aliphatic carbocycles. The van der Waals surface area contributed by atoms with Gasteiger partial charge in [-0.15, -0.1) is 0 Å². The van der Waals surface area contributed by atoms with Crippen molar-refractivity contribution in [3.8, 4) is 0 Å². The summed E-state index contributed by atoms with van der Waals surface area (Å²) in [4.78, 5) is 20.4. The lowest BCUT2D eigenvalue weighted by Crippen LogP contribution is -2.19. The van der Waals surface area contributed by atoms with E-state index >= 15 is 0 Å². The molecule has 2 N–H and O–H groups in total. The van der Waals surface area contributed by atoms with E-state index in [1.807, 2.05) is 4.72 Å². The minimum absolute atomic E-state index is 0.180. The number of hydrogen-bond acceptors (Lipinski definition) is 5. The highest BCUT2D eigenvalue weighted by atomic mass is 32.2. The first kappa shape index (κ1) is 14.9. The summed E-state index contributed by atoms with van der Waals surface area (Å²) >= 11 is 0. The molecule has 104 valence electrons. The molecule has 0 saturated heterocycles. The maximum Gasteiger partial charge on any atom is 0.304 e. The molecule has 0 amide bonds. The number of nitrogens with one attached hydrogen (secondary N) is 1. The standard InChI is InChI=1S/C10H12N2O6S/c1-7-2-3-8(9(6-7)12(15)16)11-19(17,18)5-4-10(13)14/h2-3,6,11H,4-5H2,1H3,(H,13,14). The van der Waals surface area contributed by atoms with Crippen LogP contribution >= 0.6 is 0 Å². The van der Waals surface area contributed by atoms with Crippen molar-refractivity contribution in [3.63, 3.8) is 0 Å². The van der Waals surface area contributed by atoms with E-state index in [4.69, 9.17) is 5.11 Å². The average Bonchev–Trinajstić information content (AvgIpc) is 2.28. The first-order valence-corrected chi connectivity index (χ1v) is 6.84. The van der Waals surface area contributed by atoms with Crippen molar-refractivity contribution < 1.29 is 23.2 Å². The highest BCUT2D eigenvalue weighted by Crippen LogP contribution is 2.26. The van der Waals surface area contributed by atoms with Gasteiger partial charge in [0.25, 0.3) is 5.69 Å². The van der Waals surface area contributed by atoms with Crippen molar-refractivity contribution in [2.75, 3.05) is 10.5 Å². The molecule has 0 bridgehead atoms. The number of nitrogens with zero attached hydrogens (tertiary/aromatic N) is 1. The van der Waals surface area contributed by atoms with Crippen molar-refractivity contribution >= 4 is 27.4 Å². The van der Waals surface area contributed by atoms with Gasteiger partial charge in [-0.25, -0.2) is 8.42 Å². The van der Waals surface area contributed by atoms with Gasteiger partial charge in [0, 0.05) is 6.07 Å². The fraction of sp³-hybridized carbons (Fsp3) is 0.300. The van der Waals surface area contributed by atoms with Gasteiger partial charge in [0.1, 0.15) is 5.69 Å². The van der Waals surface area contributed by atoms with Gasteiger partial charge in [-0.05, 0) is 18.6 Å². The Balaban J connectivity index is 2.99. The smallest absolute Gasteiger partial charge is 0.304 e. The molecule has 1 rings (SSSR count). The quantitative estimate of drug-likeness (QED) is 0.596. The van der Waals surface area contributed by atoms with Gasteiger partial charge >= 0.3 is 5.97 Å². The van der Waals surface area contributed by atoms with Crippen LogP contribution in [-0.4, -0.2) is 30.2 Å². The normalized spacial score (nSPS) is 11.0. The Labute approximate surface area is 109 Å². The molecule has 0 aromatic heterocycles. The molecule has 0 fully saturated rings. The average molecular weight is 288 g/mol. The Bertz CT molecular complexity index is 610. The summed E-state index contributed by atoms with van der Waals surface area (Å²) < 4.78 is 25.2. The van der Waals surface area contributed by atoms with E-state index in [1.165, 1.54) is 18.2 Å². The first-order valence-electron chi connectivity index (χ1n) is 5.18. The Morgan fingerprint density at radius 1 is 1.47 bits per heavy atom. The molecule has 9 heteroatoms. The lowest BCUT2D eigenvalue weighted by Gasteiger charge is -2.08. The molecule has 0 atom stereocenters. The van der Waals surface area contributed by atoms with E-state index < -0.39 is 33.1 Å². The van der Waals surface area contributed by atoms with Gasteiger partial charge in [0.05, 0.1) is 17.1 Å². The number of rotatable bonds is 6. The summed E-state index contributed by atoms with van der Waals surface area (Å²) in [6.07, 6.45) is -0.574. The Morgan fingerprint density at radius 2 is 2.11 bits per heavy atom. The number of carboxylic acid groups (broad SMARTS) is 1. The molecule has 8 nitrogen and oxygen atoms in total. The topological polar surface area (TPSA) is 127 Å². The number of nitro groups is 1. The number of sulfonamides is 1. The zero-order valence-corrected chi connectivity index (χ0v) is 10.8. The van der Waals surface area contributed by atoms with Crippen LogP contribution in [0.2, 0.25) is 0 Å². The fourth-order valence-electron chi connectivity index (χ4n) is 1.32. The van der Waals surface area contributed by atoms with Crippen molar-refractivity contribution in [1.82, 2.24) is 0 Å². The molecule has 19 heavy (non-hydrogen) atoms. The predicted octanol–water partition coefficient (Wildman–Crippen LogP) is 1.12. The Morgan fingerprint density at radius 3 is 2.63 bits per heavy atom. The van der Waals surface area contributed by atoms with Crippen LogP contribution in [-0.2, 0) is 14.8 Å². The third-order valence-electron chi connectivity index (χ3n) is 2.20. The summed E-state index contributed by atoms with van der Waals surface area (Å²) in [6.45, 7) is 1.63. The molecule has 1 aromatic rings. The van der Waals surface area contributed by atoms with Gasteiger partial charge in [0.2, 0.25) is 10.0 Å². The fourth-order valence-corrected chi connectivity index (χ4v) is 2.37. The summed E-state index contributed by atoms with van der Waals surface area (Å²) in [5.41, 5.74) is 0.0556. The molecule has 0 spiro atoms. The maximum atomic E-state index is 11.6. The number of carbonyl (C=O) groups is 1.